The predicted octanol–water partition coefficient (Wildman–Crippen LogP) is 3.50. The molecule has 0 bridgehead atoms. The third-order valence-corrected chi connectivity index (χ3v) is 4.44. The van der Waals surface area contributed by atoms with Gasteiger partial charge in [-0.05, 0) is 25.8 Å². The summed E-state index contributed by atoms with van der Waals surface area (Å²) in [6.45, 7) is 1.98. The summed E-state index contributed by atoms with van der Waals surface area (Å²) in [7, 11) is 0. The number of carbonyl (C=O) groups is 1. The molecule has 1 fully saturated rings. The highest BCUT2D eigenvalue weighted by Gasteiger charge is 2.59. The number of hydrogen-bond acceptors (Lipinski definition) is 5. The SMILES string of the molecule is CCOC(=O)C1([C@@H]2C[C@H](N)c3ccc(OC(F)(F)F)cc3O2)CC1.Cl. The maximum absolute atomic E-state index is 12.4. The Hall–Kier alpha value is -1.67. The Kier molecular flexibility index (Phi) is 5.44. The van der Waals surface area contributed by atoms with E-state index in [2.05, 4.69) is 4.74 Å². The van der Waals surface area contributed by atoms with Gasteiger partial charge in [0.15, 0.2) is 0 Å². The fourth-order valence-corrected chi connectivity index (χ4v) is 3.08. The highest BCUT2D eigenvalue weighted by Crippen LogP contribution is 2.55. The lowest BCUT2D eigenvalue weighted by Gasteiger charge is -2.34. The lowest BCUT2D eigenvalue weighted by Crippen LogP contribution is -2.41. The van der Waals surface area contributed by atoms with Crippen LogP contribution in [0.25, 0.3) is 0 Å². The van der Waals surface area contributed by atoms with Crippen LogP contribution < -0.4 is 15.2 Å². The van der Waals surface area contributed by atoms with Gasteiger partial charge in [-0.1, -0.05) is 6.07 Å². The molecule has 0 saturated heterocycles. The van der Waals surface area contributed by atoms with Gasteiger partial charge in [-0.2, -0.15) is 0 Å². The third-order valence-electron chi connectivity index (χ3n) is 4.44. The second-order valence-corrected chi connectivity index (χ2v) is 6.07. The van der Waals surface area contributed by atoms with Gasteiger partial charge in [0.05, 0.1) is 6.61 Å². The van der Waals surface area contributed by atoms with Gasteiger partial charge in [0.25, 0.3) is 0 Å². The van der Waals surface area contributed by atoms with E-state index in [1.165, 1.54) is 12.1 Å². The minimum absolute atomic E-state index is 0. The molecule has 3 rings (SSSR count). The Morgan fingerprint density at radius 1 is 1.40 bits per heavy atom. The molecule has 1 aliphatic heterocycles. The van der Waals surface area contributed by atoms with Gasteiger partial charge in [-0.15, -0.1) is 25.6 Å². The van der Waals surface area contributed by atoms with Crippen LogP contribution in [0.2, 0.25) is 0 Å². The average Bonchev–Trinajstić information content (AvgIpc) is 3.27. The van der Waals surface area contributed by atoms with Crippen LogP contribution in [-0.2, 0) is 9.53 Å². The van der Waals surface area contributed by atoms with Crippen LogP contribution in [0.4, 0.5) is 13.2 Å². The molecular formula is C16H19ClF3NO4. The molecule has 1 aliphatic carbocycles. The summed E-state index contributed by atoms with van der Waals surface area (Å²) >= 11 is 0. The fourth-order valence-electron chi connectivity index (χ4n) is 3.08. The lowest BCUT2D eigenvalue weighted by molar-refractivity contribution is -0.274. The molecule has 1 aromatic carbocycles. The molecule has 0 amide bonds. The summed E-state index contributed by atoms with van der Waals surface area (Å²) in [4.78, 5) is 12.2. The molecule has 9 heteroatoms. The Labute approximate surface area is 149 Å². The first-order chi connectivity index (χ1) is 11.2. The number of halogens is 4. The van der Waals surface area contributed by atoms with E-state index in [1.54, 1.807) is 6.92 Å². The van der Waals surface area contributed by atoms with Crippen molar-refractivity contribution in [3.05, 3.63) is 23.8 Å². The molecule has 0 radical (unpaired) electrons. The minimum atomic E-state index is -4.78. The van der Waals surface area contributed by atoms with Crippen LogP contribution in [0.1, 0.15) is 37.8 Å². The summed E-state index contributed by atoms with van der Waals surface area (Å²) < 4.78 is 51.9. The summed E-state index contributed by atoms with van der Waals surface area (Å²) in [6.07, 6.45) is -3.65. The van der Waals surface area contributed by atoms with E-state index in [1.807, 2.05) is 0 Å². The van der Waals surface area contributed by atoms with Crippen LogP contribution in [0, 0.1) is 5.41 Å². The number of carbonyl (C=O) groups excluding carboxylic acids is 1. The molecule has 2 N–H and O–H groups in total. The number of hydrogen-bond donors (Lipinski definition) is 1. The van der Waals surface area contributed by atoms with Crippen molar-refractivity contribution >= 4 is 18.4 Å². The zero-order valence-electron chi connectivity index (χ0n) is 13.5. The van der Waals surface area contributed by atoms with Gasteiger partial charge >= 0.3 is 12.3 Å². The Bertz CT molecular complexity index is 649. The molecule has 25 heavy (non-hydrogen) atoms. The first-order valence-electron chi connectivity index (χ1n) is 7.74. The van der Waals surface area contributed by atoms with E-state index in [0.29, 0.717) is 24.8 Å². The molecule has 0 aromatic heterocycles. The number of alkyl halides is 3. The van der Waals surface area contributed by atoms with Crippen LogP contribution >= 0.6 is 12.4 Å². The molecule has 2 aliphatic rings. The van der Waals surface area contributed by atoms with Gasteiger partial charge < -0.3 is 19.9 Å². The minimum Gasteiger partial charge on any atom is -0.489 e. The fraction of sp³-hybridized carbons (Fsp3) is 0.562. The zero-order chi connectivity index (χ0) is 17.5. The molecule has 0 unspecified atom stereocenters. The van der Waals surface area contributed by atoms with Gasteiger partial charge in [0.2, 0.25) is 0 Å². The molecule has 1 saturated carbocycles. The maximum atomic E-state index is 12.4. The quantitative estimate of drug-likeness (QED) is 0.808. The molecular weight excluding hydrogens is 363 g/mol. The first-order valence-corrected chi connectivity index (χ1v) is 7.74. The van der Waals surface area contributed by atoms with Gasteiger partial charge in [-0.25, -0.2) is 0 Å². The van der Waals surface area contributed by atoms with Crippen molar-refractivity contribution in [3.63, 3.8) is 0 Å². The lowest BCUT2D eigenvalue weighted by atomic mass is 9.88. The normalized spacial score (nSPS) is 23.6. The van der Waals surface area contributed by atoms with Crippen LogP contribution in [0.15, 0.2) is 18.2 Å². The number of esters is 1. The van der Waals surface area contributed by atoms with E-state index in [-0.39, 0.29) is 36.5 Å². The second-order valence-electron chi connectivity index (χ2n) is 6.07. The van der Waals surface area contributed by atoms with Crippen molar-refractivity contribution in [2.24, 2.45) is 11.1 Å². The average molecular weight is 382 g/mol. The van der Waals surface area contributed by atoms with Crippen LogP contribution in [-0.4, -0.2) is 25.0 Å². The largest absolute Gasteiger partial charge is 0.573 e. The van der Waals surface area contributed by atoms with Crippen molar-refractivity contribution < 1.29 is 32.2 Å². The summed E-state index contributed by atoms with van der Waals surface area (Å²) in [5.41, 5.74) is 5.97. The van der Waals surface area contributed by atoms with E-state index >= 15 is 0 Å². The van der Waals surface area contributed by atoms with E-state index in [9.17, 15) is 18.0 Å². The van der Waals surface area contributed by atoms with Crippen LogP contribution in [0.5, 0.6) is 11.5 Å². The summed E-state index contributed by atoms with van der Waals surface area (Å²) in [5.74, 6) is -0.500. The Balaban J connectivity index is 0.00000225. The first kappa shape index (κ1) is 19.7. The third kappa shape index (κ3) is 3.95. The van der Waals surface area contributed by atoms with Crippen molar-refractivity contribution in [2.45, 2.75) is 44.7 Å². The molecule has 1 aromatic rings. The highest BCUT2D eigenvalue weighted by molar-refractivity contribution is 5.85. The number of fused-ring (bicyclic) bond motifs is 1. The van der Waals surface area contributed by atoms with E-state index in [4.69, 9.17) is 15.2 Å². The van der Waals surface area contributed by atoms with Crippen LogP contribution in [0.3, 0.4) is 0 Å². The van der Waals surface area contributed by atoms with Gasteiger partial charge in [0, 0.05) is 24.1 Å². The van der Waals surface area contributed by atoms with E-state index < -0.39 is 23.9 Å². The van der Waals surface area contributed by atoms with Gasteiger partial charge in [0.1, 0.15) is 23.0 Å². The summed E-state index contributed by atoms with van der Waals surface area (Å²) in [5, 5.41) is 0. The van der Waals surface area contributed by atoms with Crippen molar-refractivity contribution in [2.75, 3.05) is 6.61 Å². The number of rotatable bonds is 4. The second kappa shape index (κ2) is 6.92. The molecule has 140 valence electrons. The molecule has 2 atom stereocenters. The van der Waals surface area contributed by atoms with Crippen molar-refractivity contribution in [3.8, 4) is 11.5 Å². The zero-order valence-corrected chi connectivity index (χ0v) is 14.3. The monoisotopic (exact) mass is 381 g/mol. The Morgan fingerprint density at radius 2 is 2.08 bits per heavy atom. The van der Waals surface area contributed by atoms with E-state index in [0.717, 1.165) is 6.07 Å². The molecule has 5 nitrogen and oxygen atoms in total. The number of nitrogens with two attached hydrogens (primary N) is 1. The number of benzene rings is 1. The van der Waals surface area contributed by atoms with Crippen molar-refractivity contribution in [1.29, 1.82) is 0 Å². The maximum Gasteiger partial charge on any atom is 0.573 e. The standard InChI is InChI=1S/C16H18F3NO4.ClH/c1-2-22-14(21)15(5-6-15)13-8-11(20)10-4-3-9(7-12(10)23-13)24-16(17,18)19;/h3-4,7,11,13H,2,5-6,8,20H2,1H3;1H/t11-,13-;/m0./s1. The predicted molar refractivity (Wildman–Crippen MR) is 84.6 cm³/mol. The number of ether oxygens (including phenoxy) is 3. The summed E-state index contributed by atoms with van der Waals surface area (Å²) in [6, 6.07) is 3.40. The van der Waals surface area contributed by atoms with Gasteiger partial charge in [-0.3, -0.25) is 4.79 Å². The smallest absolute Gasteiger partial charge is 0.489 e. The Morgan fingerprint density at radius 3 is 2.64 bits per heavy atom. The molecule has 0 spiro atoms. The highest BCUT2D eigenvalue weighted by atomic mass is 35.5. The topological polar surface area (TPSA) is 70.8 Å². The molecule has 1 heterocycles. The van der Waals surface area contributed by atoms with Crippen molar-refractivity contribution in [1.82, 2.24) is 0 Å².